The summed E-state index contributed by atoms with van der Waals surface area (Å²) in [4.78, 5) is 25.5. The number of carbonyl (C=O) groups excluding carboxylic acids is 2. The minimum absolute atomic E-state index is 0.00470. The monoisotopic (exact) mass is 428 g/mol. The average Bonchev–Trinajstić information content (AvgIpc) is 3.09. The topological polar surface area (TPSA) is 185 Å². The van der Waals surface area contributed by atoms with E-state index in [4.69, 9.17) is 4.74 Å². The molecule has 2 aliphatic carbocycles. The Kier molecular flexibility index (Phi) is 3.66. The van der Waals surface area contributed by atoms with Crippen LogP contribution < -0.4 is 4.74 Å². The van der Waals surface area contributed by atoms with Crippen LogP contribution in [0.3, 0.4) is 0 Å². The van der Waals surface area contributed by atoms with Crippen LogP contribution in [-0.4, -0.2) is 65.1 Å². The van der Waals surface area contributed by atoms with Crippen molar-refractivity contribution in [1.29, 1.82) is 0 Å². The third-order valence-electron chi connectivity index (χ3n) is 6.11. The molecule has 0 radical (unpaired) electrons. The van der Waals surface area contributed by atoms with E-state index < -0.39 is 58.1 Å². The minimum atomic E-state index is -2.64. The quantitative estimate of drug-likeness (QED) is 0.243. The van der Waals surface area contributed by atoms with Gasteiger partial charge in [-0.05, 0) is 23.3 Å². The van der Waals surface area contributed by atoms with Gasteiger partial charge in [0.25, 0.3) is 0 Å². The molecule has 10 heteroatoms. The third-order valence-corrected chi connectivity index (χ3v) is 6.11. The summed E-state index contributed by atoms with van der Waals surface area (Å²) < 4.78 is 5.74. The molecule has 7 N–H and O–H groups in total. The zero-order valence-electron chi connectivity index (χ0n) is 15.6. The van der Waals surface area contributed by atoms with Crippen molar-refractivity contribution in [3.63, 3.8) is 0 Å². The number of ether oxygens (including phenoxy) is 1. The molecule has 0 fully saturated rings. The summed E-state index contributed by atoms with van der Waals surface area (Å²) in [6.07, 6.45) is -1.71. The molecule has 31 heavy (non-hydrogen) atoms. The molecular weight excluding hydrogens is 412 g/mol. The van der Waals surface area contributed by atoms with Crippen molar-refractivity contribution >= 4 is 11.6 Å². The molecule has 2 aromatic rings. The van der Waals surface area contributed by atoms with E-state index >= 15 is 0 Å². The van der Waals surface area contributed by atoms with Gasteiger partial charge >= 0.3 is 0 Å². The predicted molar refractivity (Wildman–Crippen MR) is 100 cm³/mol. The average molecular weight is 428 g/mol. The number of fused-ring (bicyclic) bond motifs is 4. The maximum absolute atomic E-state index is 12.9. The molecular formula is C21H16O10. The lowest BCUT2D eigenvalue weighted by atomic mass is 9.81. The SMILES string of the molecule is O=C1C=C([C@H]2Oc3cc(O)cc(O)c3C[C@H]2O)[C@@H]2c3cc(O)c(O)c(O)c3C(=O)[C@@]12O. The molecule has 1 heterocycles. The standard InChI is InChI=1S/C21H16O10/c22-6-1-10(23)7-3-12(25)19(31-13(7)2-6)9-5-14(26)21(30)16(9)8-4-11(24)17(27)18(28)15(8)20(21)29/h1-2,4-5,12,16,19,22-25,27-28,30H,3H2/t12-,16+,19-,21-/m1/s1. The van der Waals surface area contributed by atoms with Crippen LogP contribution in [0.25, 0.3) is 0 Å². The number of benzene rings is 2. The first kappa shape index (κ1) is 19.2. The Bertz CT molecular complexity index is 1230. The van der Waals surface area contributed by atoms with E-state index in [9.17, 15) is 45.3 Å². The molecule has 0 amide bonds. The van der Waals surface area contributed by atoms with Crippen LogP contribution >= 0.6 is 0 Å². The van der Waals surface area contributed by atoms with Crippen molar-refractivity contribution in [3.8, 4) is 34.5 Å². The summed E-state index contributed by atoms with van der Waals surface area (Å²) >= 11 is 0. The number of Topliss-reactive ketones (excluding diaryl/α,β-unsaturated/α-hetero) is 1. The van der Waals surface area contributed by atoms with Gasteiger partial charge in [-0.1, -0.05) is 0 Å². The van der Waals surface area contributed by atoms with Gasteiger partial charge in [-0.2, -0.15) is 0 Å². The van der Waals surface area contributed by atoms with E-state index in [1.54, 1.807) is 0 Å². The van der Waals surface area contributed by atoms with E-state index in [2.05, 4.69) is 0 Å². The zero-order valence-corrected chi connectivity index (χ0v) is 15.6. The number of aliphatic hydroxyl groups is 2. The smallest absolute Gasteiger partial charge is 0.207 e. The number of hydrogen-bond acceptors (Lipinski definition) is 10. The summed E-state index contributed by atoms with van der Waals surface area (Å²) in [6.45, 7) is 0. The summed E-state index contributed by atoms with van der Waals surface area (Å²) in [6, 6.07) is 3.25. The second-order valence-electron chi connectivity index (χ2n) is 7.85. The van der Waals surface area contributed by atoms with Gasteiger partial charge in [-0.25, -0.2) is 0 Å². The number of aromatic hydroxyl groups is 5. The number of hydrogen-bond donors (Lipinski definition) is 7. The molecule has 0 spiro atoms. The van der Waals surface area contributed by atoms with E-state index in [0.29, 0.717) is 0 Å². The molecule has 2 aromatic carbocycles. The molecule has 1 aliphatic heterocycles. The summed E-state index contributed by atoms with van der Waals surface area (Å²) in [7, 11) is 0. The van der Waals surface area contributed by atoms with Crippen molar-refractivity contribution < 1.29 is 50.1 Å². The molecule has 5 rings (SSSR count). The van der Waals surface area contributed by atoms with Gasteiger partial charge in [0.1, 0.15) is 23.4 Å². The number of ketones is 2. The fourth-order valence-corrected chi connectivity index (χ4v) is 4.69. The van der Waals surface area contributed by atoms with Gasteiger partial charge in [-0.15, -0.1) is 0 Å². The van der Waals surface area contributed by atoms with Crippen LogP contribution in [0.2, 0.25) is 0 Å². The number of carbonyl (C=O) groups is 2. The van der Waals surface area contributed by atoms with Crippen molar-refractivity contribution in [2.45, 2.75) is 30.1 Å². The van der Waals surface area contributed by atoms with Crippen LogP contribution in [0.4, 0.5) is 0 Å². The van der Waals surface area contributed by atoms with Crippen LogP contribution in [0.1, 0.15) is 27.4 Å². The summed E-state index contributed by atoms with van der Waals surface area (Å²) in [5.74, 6) is -6.83. The largest absolute Gasteiger partial charge is 0.508 e. The molecule has 4 atom stereocenters. The molecule has 160 valence electrons. The van der Waals surface area contributed by atoms with Gasteiger partial charge in [0, 0.05) is 24.1 Å². The molecule has 0 bridgehead atoms. The Morgan fingerprint density at radius 1 is 0.968 bits per heavy atom. The number of phenolic OH excluding ortho intramolecular Hbond substituents is 5. The first-order valence-corrected chi connectivity index (χ1v) is 9.26. The fraction of sp³-hybridized carbons (Fsp3) is 0.238. The highest BCUT2D eigenvalue weighted by Gasteiger charge is 2.64. The predicted octanol–water partition coefficient (Wildman–Crippen LogP) is 0.0993. The Labute approximate surface area is 173 Å². The molecule has 0 aromatic heterocycles. The van der Waals surface area contributed by atoms with Crippen LogP contribution in [0.5, 0.6) is 34.5 Å². The third kappa shape index (κ3) is 2.28. The van der Waals surface area contributed by atoms with E-state index in [0.717, 1.165) is 18.2 Å². The van der Waals surface area contributed by atoms with Gasteiger partial charge in [0.15, 0.2) is 17.3 Å². The Morgan fingerprint density at radius 2 is 1.68 bits per heavy atom. The second kappa shape index (κ2) is 5.90. The number of phenols is 5. The Balaban J connectivity index is 1.65. The Hall–Kier alpha value is -3.76. The van der Waals surface area contributed by atoms with E-state index in [-0.39, 0.29) is 40.4 Å². The molecule has 0 saturated carbocycles. The highest BCUT2D eigenvalue weighted by molar-refractivity contribution is 6.28. The van der Waals surface area contributed by atoms with Crippen molar-refractivity contribution in [1.82, 2.24) is 0 Å². The maximum atomic E-state index is 12.9. The van der Waals surface area contributed by atoms with Gasteiger partial charge < -0.3 is 40.5 Å². The van der Waals surface area contributed by atoms with Crippen LogP contribution in [-0.2, 0) is 11.2 Å². The lowest BCUT2D eigenvalue weighted by Gasteiger charge is -2.34. The van der Waals surface area contributed by atoms with Crippen molar-refractivity contribution in [3.05, 3.63) is 46.5 Å². The zero-order chi connectivity index (χ0) is 22.4. The van der Waals surface area contributed by atoms with Crippen molar-refractivity contribution in [2.24, 2.45) is 0 Å². The minimum Gasteiger partial charge on any atom is -0.508 e. The highest BCUT2D eigenvalue weighted by Crippen LogP contribution is 2.57. The maximum Gasteiger partial charge on any atom is 0.207 e. The van der Waals surface area contributed by atoms with E-state index in [1.807, 2.05) is 0 Å². The Morgan fingerprint density at radius 3 is 2.39 bits per heavy atom. The number of aliphatic hydroxyl groups excluding tert-OH is 1. The van der Waals surface area contributed by atoms with Gasteiger partial charge in [0.05, 0.1) is 17.6 Å². The highest BCUT2D eigenvalue weighted by atomic mass is 16.5. The van der Waals surface area contributed by atoms with Crippen LogP contribution in [0, 0.1) is 0 Å². The number of rotatable bonds is 1. The van der Waals surface area contributed by atoms with Gasteiger partial charge in [0.2, 0.25) is 17.1 Å². The normalized spacial score (nSPS) is 28.6. The first-order chi connectivity index (χ1) is 14.6. The van der Waals surface area contributed by atoms with E-state index in [1.165, 1.54) is 6.07 Å². The molecule has 0 saturated heterocycles. The lowest BCUT2D eigenvalue weighted by molar-refractivity contribution is -0.127. The first-order valence-electron chi connectivity index (χ1n) is 9.26. The summed E-state index contributed by atoms with van der Waals surface area (Å²) in [5, 5.41) is 71.3. The molecule has 10 nitrogen and oxygen atoms in total. The molecule has 3 aliphatic rings. The lowest BCUT2D eigenvalue weighted by Crippen LogP contribution is -2.46. The van der Waals surface area contributed by atoms with Gasteiger partial charge in [-0.3, -0.25) is 9.59 Å². The molecule has 0 unspecified atom stereocenters. The van der Waals surface area contributed by atoms with Crippen molar-refractivity contribution in [2.75, 3.05) is 0 Å². The summed E-state index contributed by atoms with van der Waals surface area (Å²) in [5.41, 5.74) is -3.03. The second-order valence-corrected chi connectivity index (χ2v) is 7.85. The fourth-order valence-electron chi connectivity index (χ4n) is 4.69. The van der Waals surface area contributed by atoms with Crippen LogP contribution in [0.15, 0.2) is 29.8 Å².